The quantitative estimate of drug-likeness (QED) is 0.365. The third kappa shape index (κ3) is 5.38. The summed E-state index contributed by atoms with van der Waals surface area (Å²) in [5.74, 6) is -0.843. The summed E-state index contributed by atoms with van der Waals surface area (Å²) >= 11 is 0. The molecule has 1 aliphatic heterocycles. The highest BCUT2D eigenvalue weighted by Crippen LogP contribution is 2.30. The second-order valence-corrected chi connectivity index (χ2v) is 8.69. The molecule has 1 saturated heterocycles. The van der Waals surface area contributed by atoms with Gasteiger partial charge in [-0.05, 0) is 42.7 Å². The molecule has 192 valence electrons. The first-order valence-electron chi connectivity index (χ1n) is 11.5. The topological polar surface area (TPSA) is 104 Å². The van der Waals surface area contributed by atoms with Crippen LogP contribution in [0.5, 0.6) is 5.75 Å². The number of halogens is 4. The number of nitrogens with zero attached hydrogens (tertiary/aromatic N) is 4. The fourth-order valence-electron chi connectivity index (χ4n) is 4.38. The average Bonchev–Trinajstić information content (AvgIpc) is 3.30. The second-order valence-electron chi connectivity index (χ2n) is 8.69. The largest absolute Gasteiger partial charge is 0.573 e. The predicted octanol–water partition coefficient (Wildman–Crippen LogP) is 4.50. The number of carbonyl (C=O) groups excluding carboxylic acids is 1. The number of fused-ring (bicyclic) bond motifs is 1. The van der Waals surface area contributed by atoms with E-state index >= 15 is 4.39 Å². The number of aromatic amines is 1. The van der Waals surface area contributed by atoms with Gasteiger partial charge in [0.1, 0.15) is 24.0 Å². The zero-order valence-electron chi connectivity index (χ0n) is 19.3. The van der Waals surface area contributed by atoms with E-state index < -0.39 is 24.5 Å². The molecule has 37 heavy (non-hydrogen) atoms. The van der Waals surface area contributed by atoms with E-state index in [4.69, 9.17) is 5.11 Å². The van der Waals surface area contributed by atoms with Gasteiger partial charge in [-0.3, -0.25) is 4.79 Å². The molecule has 0 saturated carbocycles. The number of aliphatic hydroxyl groups is 1. The minimum atomic E-state index is -4.82. The summed E-state index contributed by atoms with van der Waals surface area (Å²) in [4.78, 5) is 29.6. The maximum Gasteiger partial charge on any atom is 0.573 e. The molecule has 1 unspecified atom stereocenters. The molecule has 0 aliphatic carbocycles. The van der Waals surface area contributed by atoms with E-state index in [9.17, 15) is 18.0 Å². The third-order valence-corrected chi connectivity index (χ3v) is 6.20. The van der Waals surface area contributed by atoms with Crippen LogP contribution >= 0.6 is 0 Å². The van der Waals surface area contributed by atoms with Gasteiger partial charge < -0.3 is 19.7 Å². The molecule has 1 fully saturated rings. The number of rotatable bonds is 6. The van der Waals surface area contributed by atoms with Crippen LogP contribution in [0.15, 0.2) is 48.8 Å². The lowest BCUT2D eigenvalue weighted by Crippen LogP contribution is -2.40. The van der Waals surface area contributed by atoms with E-state index in [0.29, 0.717) is 42.1 Å². The van der Waals surface area contributed by atoms with Crippen molar-refractivity contribution in [2.24, 2.45) is 5.92 Å². The van der Waals surface area contributed by atoms with Crippen LogP contribution in [-0.4, -0.2) is 56.9 Å². The fraction of sp³-hybridized carbons (Fsp3) is 0.280. The van der Waals surface area contributed by atoms with Crippen molar-refractivity contribution in [1.82, 2.24) is 19.9 Å². The van der Waals surface area contributed by atoms with E-state index in [0.717, 1.165) is 18.6 Å². The molecule has 2 N–H and O–H groups in total. The maximum atomic E-state index is 15.0. The van der Waals surface area contributed by atoms with Gasteiger partial charge in [-0.1, -0.05) is 6.07 Å². The monoisotopic (exact) mass is 515 g/mol. The van der Waals surface area contributed by atoms with Gasteiger partial charge in [0.15, 0.2) is 5.78 Å². The number of nitrogens with one attached hydrogen (secondary N) is 1. The Bertz CT molecular complexity index is 1440. The second kappa shape index (κ2) is 9.77. The van der Waals surface area contributed by atoms with Crippen molar-refractivity contribution in [3.05, 3.63) is 54.6 Å². The van der Waals surface area contributed by atoms with Crippen molar-refractivity contribution in [2.45, 2.75) is 19.2 Å². The summed E-state index contributed by atoms with van der Waals surface area (Å²) in [6.07, 6.45) is -0.190. The number of anilines is 1. The van der Waals surface area contributed by atoms with Gasteiger partial charge in [0, 0.05) is 43.0 Å². The van der Waals surface area contributed by atoms with Crippen LogP contribution < -0.4 is 9.64 Å². The van der Waals surface area contributed by atoms with E-state index in [1.807, 2.05) is 4.90 Å². The van der Waals surface area contributed by atoms with E-state index in [1.54, 1.807) is 18.5 Å². The van der Waals surface area contributed by atoms with E-state index in [2.05, 4.69) is 24.7 Å². The lowest BCUT2D eigenvalue weighted by atomic mass is 9.94. The number of imidazole rings is 1. The van der Waals surface area contributed by atoms with Crippen molar-refractivity contribution in [1.29, 1.82) is 0 Å². The molecule has 3 heterocycles. The Kier molecular flexibility index (Phi) is 6.50. The van der Waals surface area contributed by atoms with Crippen LogP contribution in [0.4, 0.5) is 23.5 Å². The third-order valence-electron chi connectivity index (χ3n) is 6.20. The molecule has 2 aromatic heterocycles. The first-order valence-corrected chi connectivity index (χ1v) is 11.5. The first kappa shape index (κ1) is 24.6. The minimum Gasteiger partial charge on any atom is -0.406 e. The van der Waals surface area contributed by atoms with Crippen LogP contribution in [0.25, 0.3) is 33.5 Å². The molecule has 1 atom stereocenters. The highest BCUT2D eigenvalue weighted by molar-refractivity contribution is 5.83. The Morgan fingerprint density at radius 2 is 1.92 bits per heavy atom. The molecule has 5 rings (SSSR count). The standard InChI is InChI=1S/C25H21F4N5O3/c26-19-8-14(16-10-30-24(31-11-16)34-7-1-2-15(12-34)22(36)13-35)3-5-18(19)23-32-20-6-4-17(9-21(20)33-23)37-25(27,28)29/h3-6,8-11,15,35H,1-2,7,12-13H2,(H,32,33). The molecule has 0 bridgehead atoms. The fourth-order valence-corrected chi connectivity index (χ4v) is 4.38. The Hall–Kier alpha value is -4.06. The summed E-state index contributed by atoms with van der Waals surface area (Å²) in [6, 6.07) is 8.12. The highest BCUT2D eigenvalue weighted by atomic mass is 19.4. The zero-order chi connectivity index (χ0) is 26.2. The number of piperidine rings is 1. The number of Topliss-reactive ketones (excluding diaryl/α,β-unsaturated/α-hetero) is 1. The number of H-pyrrole nitrogens is 1. The number of ketones is 1. The smallest absolute Gasteiger partial charge is 0.406 e. The molecule has 0 radical (unpaired) electrons. The Labute approximate surface area is 208 Å². The van der Waals surface area contributed by atoms with Gasteiger partial charge >= 0.3 is 6.36 Å². The SMILES string of the molecule is O=C(CO)C1CCCN(c2ncc(-c3ccc(-c4nc5ccc(OC(F)(F)F)cc5[nH]4)c(F)c3)cn2)C1. The number of hydrogen-bond donors (Lipinski definition) is 2. The number of alkyl halides is 3. The molecule has 8 nitrogen and oxygen atoms in total. The Morgan fingerprint density at radius 3 is 2.62 bits per heavy atom. The van der Waals surface area contributed by atoms with Crippen LogP contribution in [0.1, 0.15) is 12.8 Å². The van der Waals surface area contributed by atoms with E-state index in [1.165, 1.54) is 18.2 Å². The lowest BCUT2D eigenvalue weighted by molar-refractivity contribution is -0.274. The lowest BCUT2D eigenvalue weighted by Gasteiger charge is -2.31. The predicted molar refractivity (Wildman–Crippen MR) is 126 cm³/mol. The number of aromatic nitrogens is 4. The molecule has 4 aromatic rings. The summed E-state index contributed by atoms with van der Waals surface area (Å²) in [6.45, 7) is 0.643. The van der Waals surface area contributed by atoms with Crippen LogP contribution in [0.3, 0.4) is 0 Å². The molecule has 0 spiro atoms. The van der Waals surface area contributed by atoms with Crippen LogP contribution in [-0.2, 0) is 4.79 Å². The van der Waals surface area contributed by atoms with Gasteiger partial charge in [-0.2, -0.15) is 0 Å². The number of carbonyl (C=O) groups is 1. The number of benzene rings is 2. The number of hydrogen-bond acceptors (Lipinski definition) is 7. The number of aliphatic hydroxyl groups excluding tert-OH is 1. The van der Waals surface area contributed by atoms with Gasteiger partial charge in [-0.15, -0.1) is 13.2 Å². The number of ether oxygens (including phenoxy) is 1. The highest BCUT2D eigenvalue weighted by Gasteiger charge is 2.31. The molecule has 2 aromatic carbocycles. The van der Waals surface area contributed by atoms with Crippen molar-refractivity contribution in [3.8, 4) is 28.3 Å². The normalized spacial score (nSPS) is 16.2. The molecular weight excluding hydrogens is 494 g/mol. The zero-order valence-corrected chi connectivity index (χ0v) is 19.3. The Morgan fingerprint density at radius 1 is 1.14 bits per heavy atom. The molecule has 0 amide bonds. The first-order chi connectivity index (χ1) is 17.7. The van der Waals surface area contributed by atoms with E-state index in [-0.39, 0.29) is 28.6 Å². The Balaban J connectivity index is 1.34. The van der Waals surface area contributed by atoms with Crippen molar-refractivity contribution < 1.29 is 32.2 Å². The maximum absolute atomic E-state index is 15.0. The molecule has 1 aliphatic rings. The summed E-state index contributed by atoms with van der Waals surface area (Å²) in [7, 11) is 0. The van der Waals surface area contributed by atoms with Gasteiger partial charge in [0.05, 0.1) is 16.6 Å². The van der Waals surface area contributed by atoms with Crippen molar-refractivity contribution in [2.75, 3.05) is 24.6 Å². The van der Waals surface area contributed by atoms with Gasteiger partial charge in [0.2, 0.25) is 5.95 Å². The summed E-state index contributed by atoms with van der Waals surface area (Å²) in [5.41, 5.74) is 1.87. The molecule has 12 heteroatoms. The van der Waals surface area contributed by atoms with Gasteiger partial charge in [-0.25, -0.2) is 19.3 Å². The minimum absolute atomic E-state index is 0.142. The van der Waals surface area contributed by atoms with Crippen molar-refractivity contribution >= 4 is 22.8 Å². The summed E-state index contributed by atoms with van der Waals surface area (Å²) in [5, 5.41) is 9.13. The summed E-state index contributed by atoms with van der Waals surface area (Å²) < 4.78 is 56.4. The van der Waals surface area contributed by atoms with Gasteiger partial charge in [0.25, 0.3) is 0 Å². The van der Waals surface area contributed by atoms with Crippen LogP contribution in [0, 0.1) is 11.7 Å². The molecular formula is C25H21F4N5O3. The average molecular weight is 515 g/mol. The van der Waals surface area contributed by atoms with Crippen LogP contribution in [0.2, 0.25) is 0 Å². The van der Waals surface area contributed by atoms with Crippen molar-refractivity contribution in [3.63, 3.8) is 0 Å².